The van der Waals surface area contributed by atoms with Crippen molar-refractivity contribution in [2.75, 3.05) is 6.61 Å². The van der Waals surface area contributed by atoms with Gasteiger partial charge in [0.1, 0.15) is 11.5 Å². The Kier molecular flexibility index (Phi) is 4.54. The van der Waals surface area contributed by atoms with Crippen LogP contribution < -0.4 is 5.32 Å². The summed E-state index contributed by atoms with van der Waals surface area (Å²) in [6.07, 6.45) is 0. The number of carbonyl (C=O) groups excluding carboxylic acids is 1. The number of carbonyl (C=O) groups is 1. The van der Waals surface area contributed by atoms with Gasteiger partial charge in [-0.05, 0) is 35.4 Å². The van der Waals surface area contributed by atoms with Crippen molar-refractivity contribution in [1.82, 2.24) is 5.32 Å². The average Bonchev–Trinajstić information content (AvgIpc) is 3.03. The standard InChI is InChI=1S/C16H21NO3S/c1-10-12(7-14(20-10)16(2,3)4)15(19)17-13(8-18)11-5-6-21-9-11/h5-7,9,13,18H,8H2,1-4H3,(H,17,19). The van der Waals surface area contributed by atoms with Crippen LogP contribution in [0.1, 0.15) is 54.3 Å². The first kappa shape index (κ1) is 15.8. The second kappa shape index (κ2) is 6.03. The number of aliphatic hydroxyl groups excluding tert-OH is 1. The summed E-state index contributed by atoms with van der Waals surface area (Å²) in [7, 11) is 0. The normalized spacial score (nSPS) is 13.2. The van der Waals surface area contributed by atoms with Crippen LogP contribution in [0.15, 0.2) is 27.3 Å². The lowest BCUT2D eigenvalue weighted by Gasteiger charge is -2.15. The fourth-order valence-electron chi connectivity index (χ4n) is 2.02. The molecular formula is C16H21NO3S. The fraction of sp³-hybridized carbons (Fsp3) is 0.438. The van der Waals surface area contributed by atoms with E-state index in [0.29, 0.717) is 11.3 Å². The number of nitrogens with one attached hydrogen (secondary N) is 1. The molecule has 0 saturated carbocycles. The van der Waals surface area contributed by atoms with E-state index in [1.165, 1.54) is 11.3 Å². The Hall–Kier alpha value is -1.59. The largest absolute Gasteiger partial charge is 0.465 e. The quantitative estimate of drug-likeness (QED) is 0.910. The third-order valence-corrected chi connectivity index (χ3v) is 4.04. The van der Waals surface area contributed by atoms with Crippen molar-refractivity contribution in [2.24, 2.45) is 0 Å². The smallest absolute Gasteiger partial charge is 0.255 e. The molecule has 0 aliphatic carbocycles. The van der Waals surface area contributed by atoms with E-state index >= 15 is 0 Å². The second-order valence-corrected chi connectivity index (χ2v) is 6.88. The van der Waals surface area contributed by atoms with E-state index in [-0.39, 0.29) is 17.9 Å². The lowest BCUT2D eigenvalue weighted by molar-refractivity contribution is 0.0915. The Balaban J connectivity index is 2.19. The van der Waals surface area contributed by atoms with Crippen molar-refractivity contribution < 1.29 is 14.3 Å². The summed E-state index contributed by atoms with van der Waals surface area (Å²) in [4.78, 5) is 12.4. The predicted molar refractivity (Wildman–Crippen MR) is 83.8 cm³/mol. The maximum absolute atomic E-state index is 12.4. The van der Waals surface area contributed by atoms with E-state index in [1.54, 1.807) is 13.0 Å². The monoisotopic (exact) mass is 307 g/mol. The summed E-state index contributed by atoms with van der Waals surface area (Å²) in [6, 6.07) is 3.29. The highest BCUT2D eigenvalue weighted by Crippen LogP contribution is 2.27. The van der Waals surface area contributed by atoms with Gasteiger partial charge in [0.05, 0.1) is 18.2 Å². The van der Waals surface area contributed by atoms with Gasteiger partial charge in [0.2, 0.25) is 0 Å². The average molecular weight is 307 g/mol. The van der Waals surface area contributed by atoms with E-state index in [9.17, 15) is 9.90 Å². The molecule has 2 aromatic heterocycles. The third-order valence-electron chi connectivity index (χ3n) is 3.34. The third kappa shape index (κ3) is 3.54. The summed E-state index contributed by atoms with van der Waals surface area (Å²) < 4.78 is 5.68. The van der Waals surface area contributed by atoms with Gasteiger partial charge >= 0.3 is 0 Å². The van der Waals surface area contributed by atoms with Crippen molar-refractivity contribution in [3.05, 3.63) is 45.5 Å². The summed E-state index contributed by atoms with van der Waals surface area (Å²) in [5.41, 5.74) is 1.29. The van der Waals surface area contributed by atoms with Crippen LogP contribution >= 0.6 is 11.3 Å². The molecule has 1 amide bonds. The van der Waals surface area contributed by atoms with Crippen molar-refractivity contribution in [3.8, 4) is 0 Å². The summed E-state index contributed by atoms with van der Waals surface area (Å²) in [6.45, 7) is 7.76. The summed E-state index contributed by atoms with van der Waals surface area (Å²) >= 11 is 1.54. The molecule has 2 rings (SSSR count). The lowest BCUT2D eigenvalue weighted by Crippen LogP contribution is -2.30. The summed E-state index contributed by atoms with van der Waals surface area (Å²) in [5, 5.41) is 16.2. The molecule has 0 aliphatic rings. The number of aliphatic hydroxyl groups is 1. The minimum Gasteiger partial charge on any atom is -0.465 e. The van der Waals surface area contributed by atoms with Gasteiger partial charge in [-0.15, -0.1) is 0 Å². The van der Waals surface area contributed by atoms with Crippen LogP contribution in [0.2, 0.25) is 0 Å². The first-order valence-corrected chi connectivity index (χ1v) is 7.82. The first-order chi connectivity index (χ1) is 9.82. The minimum absolute atomic E-state index is 0.133. The van der Waals surface area contributed by atoms with Crippen LogP contribution in [0.3, 0.4) is 0 Å². The highest BCUT2D eigenvalue weighted by atomic mass is 32.1. The van der Waals surface area contributed by atoms with Crippen LogP contribution in [0, 0.1) is 6.92 Å². The number of hydrogen-bond acceptors (Lipinski definition) is 4. The van der Waals surface area contributed by atoms with E-state index < -0.39 is 6.04 Å². The van der Waals surface area contributed by atoms with Gasteiger partial charge < -0.3 is 14.8 Å². The predicted octanol–water partition coefficient (Wildman–Crippen LogP) is 3.41. The van der Waals surface area contributed by atoms with Crippen LogP contribution in [0.4, 0.5) is 0 Å². The maximum Gasteiger partial charge on any atom is 0.255 e. The maximum atomic E-state index is 12.4. The SMILES string of the molecule is Cc1oc(C(C)(C)C)cc1C(=O)NC(CO)c1ccsc1. The second-order valence-electron chi connectivity index (χ2n) is 6.10. The zero-order valence-corrected chi connectivity index (χ0v) is 13.6. The Bertz CT molecular complexity index is 608. The molecule has 0 spiro atoms. The van der Waals surface area contributed by atoms with Gasteiger partial charge in [-0.3, -0.25) is 4.79 Å². The Morgan fingerprint density at radius 2 is 2.19 bits per heavy atom. The van der Waals surface area contributed by atoms with Crippen molar-refractivity contribution in [3.63, 3.8) is 0 Å². The van der Waals surface area contributed by atoms with E-state index in [1.807, 2.05) is 37.6 Å². The zero-order chi connectivity index (χ0) is 15.6. The molecule has 4 nitrogen and oxygen atoms in total. The number of thiophene rings is 1. The first-order valence-electron chi connectivity index (χ1n) is 6.87. The van der Waals surface area contributed by atoms with Crippen molar-refractivity contribution in [2.45, 2.75) is 39.2 Å². The molecule has 1 atom stereocenters. The van der Waals surface area contributed by atoms with Crippen LogP contribution in [0.25, 0.3) is 0 Å². The van der Waals surface area contributed by atoms with Crippen LogP contribution in [-0.2, 0) is 5.41 Å². The molecule has 0 bridgehead atoms. The van der Waals surface area contributed by atoms with E-state index in [4.69, 9.17) is 4.42 Å². The zero-order valence-electron chi connectivity index (χ0n) is 12.8. The highest BCUT2D eigenvalue weighted by Gasteiger charge is 2.24. The van der Waals surface area contributed by atoms with Crippen LogP contribution in [-0.4, -0.2) is 17.6 Å². The highest BCUT2D eigenvalue weighted by molar-refractivity contribution is 7.07. The molecule has 0 aliphatic heterocycles. The topological polar surface area (TPSA) is 62.5 Å². The fourth-order valence-corrected chi connectivity index (χ4v) is 2.74. The number of hydrogen-bond donors (Lipinski definition) is 2. The molecule has 1 unspecified atom stereocenters. The van der Waals surface area contributed by atoms with Gasteiger partial charge in [0.15, 0.2) is 0 Å². The molecule has 0 aromatic carbocycles. The van der Waals surface area contributed by atoms with Gasteiger partial charge in [-0.25, -0.2) is 0 Å². The minimum atomic E-state index is -0.392. The van der Waals surface area contributed by atoms with Crippen molar-refractivity contribution >= 4 is 17.2 Å². The molecule has 0 saturated heterocycles. The lowest BCUT2D eigenvalue weighted by atomic mass is 9.93. The van der Waals surface area contributed by atoms with Gasteiger partial charge in [-0.1, -0.05) is 20.8 Å². The van der Waals surface area contributed by atoms with Gasteiger partial charge in [0, 0.05) is 5.41 Å². The molecule has 2 N–H and O–H groups in total. The molecule has 0 radical (unpaired) electrons. The number of amides is 1. The Morgan fingerprint density at radius 1 is 1.48 bits per heavy atom. The molecule has 2 heterocycles. The Morgan fingerprint density at radius 3 is 2.67 bits per heavy atom. The molecule has 0 fully saturated rings. The molecule has 114 valence electrons. The molecule has 2 aromatic rings. The molecular weight excluding hydrogens is 286 g/mol. The number of rotatable bonds is 4. The van der Waals surface area contributed by atoms with Crippen molar-refractivity contribution in [1.29, 1.82) is 0 Å². The van der Waals surface area contributed by atoms with Gasteiger partial charge in [0.25, 0.3) is 5.91 Å². The number of furan rings is 1. The van der Waals surface area contributed by atoms with E-state index in [2.05, 4.69) is 5.32 Å². The molecule has 21 heavy (non-hydrogen) atoms. The van der Waals surface area contributed by atoms with Gasteiger partial charge in [-0.2, -0.15) is 11.3 Å². The Labute approximate surface area is 128 Å². The number of aryl methyl sites for hydroxylation is 1. The summed E-state index contributed by atoms with van der Waals surface area (Å²) in [5.74, 6) is 1.15. The van der Waals surface area contributed by atoms with Crippen LogP contribution in [0.5, 0.6) is 0 Å². The molecule has 5 heteroatoms. The van der Waals surface area contributed by atoms with E-state index in [0.717, 1.165) is 11.3 Å².